The molecule has 3 heterocycles. The van der Waals surface area contributed by atoms with Crippen LogP contribution in [-0.2, 0) is 17.8 Å². The molecule has 0 radical (unpaired) electrons. The van der Waals surface area contributed by atoms with Crippen LogP contribution in [0.15, 0.2) is 24.5 Å². The van der Waals surface area contributed by atoms with E-state index in [9.17, 15) is 0 Å². The third-order valence-electron chi connectivity index (χ3n) is 3.74. The summed E-state index contributed by atoms with van der Waals surface area (Å²) in [6.07, 6.45) is 3.73. The molecule has 0 atom stereocenters. The summed E-state index contributed by atoms with van der Waals surface area (Å²) in [7, 11) is 0. The highest BCUT2D eigenvalue weighted by atomic mass is 16.5. The van der Waals surface area contributed by atoms with Gasteiger partial charge >= 0.3 is 0 Å². The molecule has 1 aliphatic heterocycles. The topological polar surface area (TPSA) is 66.1 Å². The van der Waals surface area contributed by atoms with E-state index in [2.05, 4.69) is 31.5 Å². The second-order valence-corrected chi connectivity index (χ2v) is 5.21. The van der Waals surface area contributed by atoms with E-state index in [1.165, 1.54) is 11.1 Å². The summed E-state index contributed by atoms with van der Waals surface area (Å²) in [6.45, 7) is 7.00. The van der Waals surface area contributed by atoms with Gasteiger partial charge < -0.3 is 15.0 Å². The number of rotatable bonds is 5. The van der Waals surface area contributed by atoms with Crippen molar-refractivity contribution >= 4 is 5.82 Å². The number of hydrogen-bond donors (Lipinski definition) is 2. The molecule has 1 aliphatic rings. The number of H-pyrrole nitrogens is 1. The lowest BCUT2D eigenvalue weighted by Gasteiger charge is -2.29. The van der Waals surface area contributed by atoms with E-state index in [1.54, 1.807) is 0 Å². The maximum atomic E-state index is 5.41. The van der Waals surface area contributed by atoms with Gasteiger partial charge in [0.1, 0.15) is 5.82 Å². The molecule has 3 rings (SSSR count). The number of aromatic amines is 1. The number of morpholine rings is 1. The molecule has 6 nitrogen and oxygen atoms in total. The van der Waals surface area contributed by atoms with Crippen LogP contribution in [0, 0.1) is 6.92 Å². The maximum absolute atomic E-state index is 5.41. The fraction of sp³-hybridized carbons (Fsp3) is 0.467. The van der Waals surface area contributed by atoms with Crippen molar-refractivity contribution in [3.05, 3.63) is 41.3 Å². The van der Waals surface area contributed by atoms with E-state index < -0.39 is 0 Å². The molecule has 0 amide bonds. The van der Waals surface area contributed by atoms with Crippen molar-refractivity contribution in [1.29, 1.82) is 0 Å². The molecule has 0 unspecified atom stereocenters. The molecule has 1 fully saturated rings. The molecule has 0 aromatic carbocycles. The number of pyridine rings is 1. The van der Waals surface area contributed by atoms with Gasteiger partial charge in [0.25, 0.3) is 0 Å². The van der Waals surface area contributed by atoms with E-state index >= 15 is 0 Å². The first kappa shape index (κ1) is 14.0. The van der Waals surface area contributed by atoms with E-state index in [0.29, 0.717) is 0 Å². The van der Waals surface area contributed by atoms with Crippen molar-refractivity contribution in [2.75, 3.05) is 31.2 Å². The molecule has 0 bridgehead atoms. The van der Waals surface area contributed by atoms with Crippen LogP contribution >= 0.6 is 0 Å². The fourth-order valence-corrected chi connectivity index (χ4v) is 2.51. The van der Waals surface area contributed by atoms with Gasteiger partial charge in [-0.2, -0.15) is 5.10 Å². The predicted molar refractivity (Wildman–Crippen MR) is 81.1 cm³/mol. The van der Waals surface area contributed by atoms with Crippen molar-refractivity contribution in [3.63, 3.8) is 0 Å². The smallest absolute Gasteiger partial charge is 0.133 e. The normalized spacial score (nSPS) is 15.4. The Kier molecular flexibility index (Phi) is 4.47. The summed E-state index contributed by atoms with van der Waals surface area (Å²) in [5.74, 6) is 1.07. The second-order valence-electron chi connectivity index (χ2n) is 5.21. The molecule has 6 heteroatoms. The molecule has 2 N–H and O–H groups in total. The Morgan fingerprint density at radius 3 is 2.86 bits per heavy atom. The van der Waals surface area contributed by atoms with Gasteiger partial charge in [0.2, 0.25) is 0 Å². The molecule has 21 heavy (non-hydrogen) atoms. The molecule has 2 aromatic heterocycles. The minimum atomic E-state index is 0.775. The lowest BCUT2D eigenvalue weighted by atomic mass is 10.2. The first-order chi connectivity index (χ1) is 10.3. The lowest BCUT2D eigenvalue weighted by Crippen LogP contribution is -2.37. The van der Waals surface area contributed by atoms with Crippen LogP contribution in [0.1, 0.15) is 16.8 Å². The molecule has 112 valence electrons. The third-order valence-corrected chi connectivity index (χ3v) is 3.74. The summed E-state index contributed by atoms with van der Waals surface area (Å²) in [6, 6.07) is 4.12. The molecular weight excluding hydrogens is 266 g/mol. The van der Waals surface area contributed by atoms with E-state index in [1.807, 2.05) is 25.4 Å². The van der Waals surface area contributed by atoms with Crippen molar-refractivity contribution in [2.24, 2.45) is 0 Å². The zero-order valence-corrected chi connectivity index (χ0v) is 12.3. The number of anilines is 1. The Hall–Kier alpha value is -1.92. The Morgan fingerprint density at radius 2 is 2.10 bits per heavy atom. The lowest BCUT2D eigenvalue weighted by molar-refractivity contribution is 0.122. The average Bonchev–Trinajstić information content (AvgIpc) is 2.94. The predicted octanol–water partition coefficient (Wildman–Crippen LogP) is 1.24. The first-order valence-corrected chi connectivity index (χ1v) is 7.31. The van der Waals surface area contributed by atoms with Gasteiger partial charge in [-0.25, -0.2) is 4.98 Å². The number of nitrogens with one attached hydrogen (secondary N) is 2. The second kappa shape index (κ2) is 6.69. The molecule has 0 spiro atoms. The summed E-state index contributed by atoms with van der Waals surface area (Å²) < 4.78 is 5.41. The zero-order chi connectivity index (χ0) is 14.5. The van der Waals surface area contributed by atoms with E-state index in [0.717, 1.165) is 50.9 Å². The highest BCUT2D eigenvalue weighted by molar-refractivity contribution is 5.47. The summed E-state index contributed by atoms with van der Waals surface area (Å²) in [4.78, 5) is 6.84. The van der Waals surface area contributed by atoms with Gasteiger partial charge in [-0.3, -0.25) is 5.10 Å². The number of hydrogen-bond acceptors (Lipinski definition) is 5. The van der Waals surface area contributed by atoms with E-state index in [-0.39, 0.29) is 0 Å². The summed E-state index contributed by atoms with van der Waals surface area (Å²) in [5.41, 5.74) is 3.54. The van der Waals surface area contributed by atoms with Crippen LogP contribution in [0.5, 0.6) is 0 Å². The Bertz CT molecular complexity index is 577. The van der Waals surface area contributed by atoms with Gasteiger partial charge in [0.15, 0.2) is 0 Å². The van der Waals surface area contributed by atoms with Crippen LogP contribution in [0.2, 0.25) is 0 Å². The zero-order valence-electron chi connectivity index (χ0n) is 12.3. The number of nitrogens with zero attached hydrogens (tertiary/aromatic N) is 3. The van der Waals surface area contributed by atoms with Crippen LogP contribution in [0.3, 0.4) is 0 Å². The van der Waals surface area contributed by atoms with Crippen LogP contribution in [-0.4, -0.2) is 41.5 Å². The van der Waals surface area contributed by atoms with Gasteiger partial charge in [0.05, 0.1) is 19.4 Å². The SMILES string of the molecule is Cc1[nH]ncc1CNCc1cccnc1N1CCOCC1. The van der Waals surface area contributed by atoms with E-state index in [4.69, 9.17) is 4.74 Å². The van der Waals surface area contributed by atoms with Gasteiger partial charge in [-0.1, -0.05) is 6.07 Å². The minimum absolute atomic E-state index is 0.775. The molecule has 1 saturated heterocycles. The number of aryl methyl sites for hydroxylation is 1. The van der Waals surface area contributed by atoms with Crippen molar-refractivity contribution in [3.8, 4) is 0 Å². The largest absolute Gasteiger partial charge is 0.378 e. The van der Waals surface area contributed by atoms with Gasteiger partial charge in [-0.15, -0.1) is 0 Å². The monoisotopic (exact) mass is 287 g/mol. The Labute approximate surface area is 124 Å². The first-order valence-electron chi connectivity index (χ1n) is 7.31. The van der Waals surface area contributed by atoms with Crippen molar-refractivity contribution in [1.82, 2.24) is 20.5 Å². The average molecular weight is 287 g/mol. The molecule has 0 saturated carbocycles. The standard InChI is InChI=1S/C15H21N5O/c1-12-14(11-18-19-12)10-16-9-13-3-2-4-17-15(13)20-5-7-21-8-6-20/h2-4,11,16H,5-10H2,1H3,(H,18,19). The van der Waals surface area contributed by atoms with Crippen molar-refractivity contribution < 1.29 is 4.74 Å². The minimum Gasteiger partial charge on any atom is -0.378 e. The molecule has 0 aliphatic carbocycles. The molecule has 2 aromatic rings. The van der Waals surface area contributed by atoms with Crippen LogP contribution in [0.4, 0.5) is 5.82 Å². The highest BCUT2D eigenvalue weighted by Gasteiger charge is 2.15. The summed E-state index contributed by atoms with van der Waals surface area (Å²) in [5, 5.41) is 10.5. The van der Waals surface area contributed by atoms with Crippen molar-refractivity contribution in [2.45, 2.75) is 20.0 Å². The Morgan fingerprint density at radius 1 is 1.29 bits per heavy atom. The summed E-state index contributed by atoms with van der Waals surface area (Å²) >= 11 is 0. The third kappa shape index (κ3) is 3.40. The Balaban J connectivity index is 1.63. The number of aromatic nitrogens is 3. The maximum Gasteiger partial charge on any atom is 0.133 e. The highest BCUT2D eigenvalue weighted by Crippen LogP contribution is 2.18. The van der Waals surface area contributed by atoms with Crippen LogP contribution in [0.25, 0.3) is 0 Å². The van der Waals surface area contributed by atoms with Gasteiger partial charge in [0, 0.05) is 49.2 Å². The van der Waals surface area contributed by atoms with Crippen LogP contribution < -0.4 is 10.2 Å². The number of ether oxygens (including phenoxy) is 1. The fourth-order valence-electron chi connectivity index (χ4n) is 2.51. The van der Waals surface area contributed by atoms with Gasteiger partial charge in [-0.05, 0) is 13.0 Å². The quantitative estimate of drug-likeness (QED) is 0.866. The molecular formula is C15H21N5O.